The second-order valence-corrected chi connectivity index (χ2v) is 5.95. The van der Waals surface area contributed by atoms with Crippen LogP contribution in [0.1, 0.15) is 15.9 Å². The van der Waals surface area contributed by atoms with Gasteiger partial charge in [0.25, 0.3) is 0 Å². The van der Waals surface area contributed by atoms with Crippen molar-refractivity contribution in [1.29, 1.82) is 0 Å². The summed E-state index contributed by atoms with van der Waals surface area (Å²) in [6, 6.07) is 5.79. The number of aryl methyl sites for hydroxylation is 1. The third-order valence-corrected chi connectivity index (χ3v) is 4.49. The SMILES string of the molecule is Cc1ccc(N2C[C@H]3CN(C)C[C@H]3C2)cc1C(=O)O. The maximum atomic E-state index is 11.2. The van der Waals surface area contributed by atoms with Crippen molar-refractivity contribution in [3.05, 3.63) is 29.3 Å². The Balaban J connectivity index is 1.81. The van der Waals surface area contributed by atoms with Crippen LogP contribution >= 0.6 is 0 Å². The van der Waals surface area contributed by atoms with E-state index in [1.54, 1.807) is 0 Å². The van der Waals surface area contributed by atoms with Gasteiger partial charge in [-0.05, 0) is 43.5 Å². The van der Waals surface area contributed by atoms with E-state index < -0.39 is 5.97 Å². The molecule has 0 aromatic heterocycles. The van der Waals surface area contributed by atoms with Crippen LogP contribution in [0.15, 0.2) is 18.2 Å². The number of hydrogen-bond acceptors (Lipinski definition) is 3. The number of anilines is 1. The standard InChI is InChI=1S/C15H20N2O2/c1-10-3-4-13(5-14(10)15(18)19)17-8-11-6-16(2)7-12(11)9-17/h3-5,11-12H,6-9H2,1-2H3,(H,18,19)/t11-,12+. The number of fused-ring (bicyclic) bond motifs is 1. The van der Waals surface area contributed by atoms with Gasteiger partial charge in [-0.25, -0.2) is 4.79 Å². The first-order valence-electron chi connectivity index (χ1n) is 6.82. The monoisotopic (exact) mass is 260 g/mol. The number of carboxylic acid groups (broad SMARTS) is 1. The minimum absolute atomic E-state index is 0.423. The van der Waals surface area contributed by atoms with Crippen molar-refractivity contribution in [2.75, 3.05) is 38.1 Å². The molecule has 2 saturated heterocycles. The van der Waals surface area contributed by atoms with Crippen LogP contribution in [0.5, 0.6) is 0 Å². The first kappa shape index (κ1) is 12.5. The normalized spacial score (nSPS) is 26.7. The lowest BCUT2D eigenvalue weighted by molar-refractivity contribution is 0.0696. The summed E-state index contributed by atoms with van der Waals surface area (Å²) >= 11 is 0. The molecule has 2 fully saturated rings. The first-order valence-corrected chi connectivity index (χ1v) is 6.82. The fourth-order valence-electron chi connectivity index (χ4n) is 3.48. The Hall–Kier alpha value is -1.55. The molecule has 0 bridgehead atoms. The largest absolute Gasteiger partial charge is 0.478 e. The molecule has 0 unspecified atom stereocenters. The molecule has 2 heterocycles. The van der Waals surface area contributed by atoms with Gasteiger partial charge in [-0.3, -0.25) is 0 Å². The molecule has 0 radical (unpaired) electrons. The summed E-state index contributed by atoms with van der Waals surface area (Å²) in [5.74, 6) is 0.637. The number of likely N-dealkylation sites (tertiary alicyclic amines) is 1. The average molecular weight is 260 g/mol. The fourth-order valence-corrected chi connectivity index (χ4v) is 3.48. The van der Waals surface area contributed by atoms with Crippen LogP contribution in [0.2, 0.25) is 0 Å². The minimum Gasteiger partial charge on any atom is -0.478 e. The van der Waals surface area contributed by atoms with E-state index in [1.807, 2.05) is 25.1 Å². The van der Waals surface area contributed by atoms with Crippen LogP contribution in [0.25, 0.3) is 0 Å². The Kier molecular flexibility index (Phi) is 2.97. The molecule has 0 amide bonds. The van der Waals surface area contributed by atoms with Gasteiger partial charge < -0.3 is 14.9 Å². The summed E-state index contributed by atoms with van der Waals surface area (Å²) < 4.78 is 0. The molecule has 2 aliphatic heterocycles. The van der Waals surface area contributed by atoms with Gasteiger partial charge in [0.2, 0.25) is 0 Å². The predicted molar refractivity (Wildman–Crippen MR) is 74.8 cm³/mol. The third kappa shape index (κ3) is 2.21. The van der Waals surface area contributed by atoms with Crippen LogP contribution in [0, 0.1) is 18.8 Å². The Morgan fingerprint density at radius 2 is 1.84 bits per heavy atom. The second kappa shape index (κ2) is 4.53. The lowest BCUT2D eigenvalue weighted by Crippen LogP contribution is -2.26. The molecule has 102 valence electrons. The molecular weight excluding hydrogens is 240 g/mol. The molecule has 3 rings (SSSR count). The molecule has 2 aliphatic rings. The molecule has 1 aromatic rings. The van der Waals surface area contributed by atoms with E-state index in [0.717, 1.165) is 36.2 Å². The summed E-state index contributed by atoms with van der Waals surface area (Å²) in [7, 11) is 2.18. The van der Waals surface area contributed by atoms with Crippen molar-refractivity contribution in [1.82, 2.24) is 4.90 Å². The third-order valence-electron chi connectivity index (χ3n) is 4.49. The lowest BCUT2D eigenvalue weighted by atomic mass is 10.0. The summed E-state index contributed by atoms with van der Waals surface area (Å²) in [5, 5.41) is 9.20. The molecule has 19 heavy (non-hydrogen) atoms. The van der Waals surface area contributed by atoms with Crippen LogP contribution in [0.3, 0.4) is 0 Å². The van der Waals surface area contributed by atoms with Gasteiger partial charge in [0.1, 0.15) is 0 Å². The van der Waals surface area contributed by atoms with E-state index in [1.165, 1.54) is 13.1 Å². The topological polar surface area (TPSA) is 43.8 Å². The van der Waals surface area contributed by atoms with Crippen molar-refractivity contribution in [2.45, 2.75) is 6.92 Å². The number of aromatic carboxylic acids is 1. The van der Waals surface area contributed by atoms with Crippen LogP contribution in [-0.2, 0) is 0 Å². The van der Waals surface area contributed by atoms with Crippen LogP contribution < -0.4 is 4.90 Å². The molecular formula is C15H20N2O2. The highest BCUT2D eigenvalue weighted by molar-refractivity contribution is 5.90. The zero-order valence-electron chi connectivity index (χ0n) is 11.5. The molecule has 0 spiro atoms. The molecule has 1 N–H and O–H groups in total. The predicted octanol–water partition coefficient (Wildman–Crippen LogP) is 1.69. The van der Waals surface area contributed by atoms with Gasteiger partial charge in [0, 0.05) is 31.9 Å². The zero-order chi connectivity index (χ0) is 13.6. The van der Waals surface area contributed by atoms with Gasteiger partial charge >= 0.3 is 5.97 Å². The number of carbonyl (C=O) groups is 1. The summed E-state index contributed by atoms with van der Waals surface area (Å²) in [6.07, 6.45) is 0. The minimum atomic E-state index is -0.835. The Morgan fingerprint density at radius 3 is 2.42 bits per heavy atom. The zero-order valence-corrected chi connectivity index (χ0v) is 11.5. The number of hydrogen-bond donors (Lipinski definition) is 1. The number of carboxylic acids is 1. The maximum absolute atomic E-state index is 11.2. The van der Waals surface area contributed by atoms with E-state index in [4.69, 9.17) is 0 Å². The van der Waals surface area contributed by atoms with Gasteiger partial charge in [0.15, 0.2) is 0 Å². The Morgan fingerprint density at radius 1 is 1.21 bits per heavy atom. The van der Waals surface area contributed by atoms with Gasteiger partial charge in [-0.1, -0.05) is 6.07 Å². The highest BCUT2D eigenvalue weighted by Gasteiger charge is 2.38. The molecule has 4 nitrogen and oxygen atoms in total. The van der Waals surface area contributed by atoms with Crippen LogP contribution in [0.4, 0.5) is 5.69 Å². The number of rotatable bonds is 2. The van der Waals surface area contributed by atoms with E-state index in [9.17, 15) is 9.90 Å². The fraction of sp³-hybridized carbons (Fsp3) is 0.533. The van der Waals surface area contributed by atoms with E-state index in [0.29, 0.717) is 5.56 Å². The highest BCUT2D eigenvalue weighted by atomic mass is 16.4. The van der Waals surface area contributed by atoms with Gasteiger partial charge in [-0.2, -0.15) is 0 Å². The summed E-state index contributed by atoms with van der Waals surface area (Å²) in [6.45, 7) is 6.28. The van der Waals surface area contributed by atoms with Crippen molar-refractivity contribution >= 4 is 11.7 Å². The number of benzene rings is 1. The highest BCUT2D eigenvalue weighted by Crippen LogP contribution is 2.33. The molecule has 2 atom stereocenters. The van der Waals surface area contributed by atoms with E-state index in [2.05, 4.69) is 16.8 Å². The quantitative estimate of drug-likeness (QED) is 0.879. The van der Waals surface area contributed by atoms with Crippen molar-refractivity contribution in [3.8, 4) is 0 Å². The first-order chi connectivity index (χ1) is 9.04. The van der Waals surface area contributed by atoms with E-state index in [-0.39, 0.29) is 0 Å². The molecule has 0 saturated carbocycles. The summed E-state index contributed by atoms with van der Waals surface area (Å²) in [5.41, 5.74) is 2.31. The smallest absolute Gasteiger partial charge is 0.336 e. The lowest BCUT2D eigenvalue weighted by Gasteiger charge is -2.22. The van der Waals surface area contributed by atoms with Crippen molar-refractivity contribution < 1.29 is 9.90 Å². The van der Waals surface area contributed by atoms with E-state index >= 15 is 0 Å². The van der Waals surface area contributed by atoms with Gasteiger partial charge in [0.05, 0.1) is 5.56 Å². The second-order valence-electron chi connectivity index (χ2n) is 5.95. The maximum Gasteiger partial charge on any atom is 0.336 e. The van der Waals surface area contributed by atoms with Gasteiger partial charge in [-0.15, -0.1) is 0 Å². The number of nitrogens with zero attached hydrogens (tertiary/aromatic N) is 2. The Labute approximate surface area is 113 Å². The summed E-state index contributed by atoms with van der Waals surface area (Å²) in [4.78, 5) is 15.9. The average Bonchev–Trinajstić information content (AvgIpc) is 2.86. The van der Waals surface area contributed by atoms with Crippen molar-refractivity contribution in [2.24, 2.45) is 11.8 Å². The van der Waals surface area contributed by atoms with Crippen molar-refractivity contribution in [3.63, 3.8) is 0 Å². The van der Waals surface area contributed by atoms with Crippen LogP contribution in [-0.4, -0.2) is 49.2 Å². The molecule has 4 heteroatoms. The molecule has 0 aliphatic carbocycles. The molecule has 1 aromatic carbocycles. The Bertz CT molecular complexity index is 501.